The molecule has 268 valence electrons. The number of halogens is 1. The lowest BCUT2D eigenvalue weighted by Gasteiger charge is -2.27. The Balaban J connectivity index is 1.44. The van der Waals surface area contributed by atoms with Crippen LogP contribution in [0.25, 0.3) is 18.2 Å². The van der Waals surface area contributed by atoms with E-state index in [2.05, 4.69) is 36.1 Å². The van der Waals surface area contributed by atoms with Gasteiger partial charge < -0.3 is 19.5 Å². The van der Waals surface area contributed by atoms with Gasteiger partial charge in [0.1, 0.15) is 42.0 Å². The fourth-order valence-corrected chi connectivity index (χ4v) is 6.86. The van der Waals surface area contributed by atoms with Crippen molar-refractivity contribution in [2.45, 2.75) is 51.7 Å². The van der Waals surface area contributed by atoms with Crippen molar-refractivity contribution in [2.75, 3.05) is 24.6 Å². The summed E-state index contributed by atoms with van der Waals surface area (Å²) in [6.07, 6.45) is 11.5. The molecule has 1 unspecified atom stereocenters. The zero-order valence-corrected chi connectivity index (χ0v) is 30.7. The molecule has 3 aromatic carbocycles. The van der Waals surface area contributed by atoms with Gasteiger partial charge in [-0.15, -0.1) is 11.3 Å². The lowest BCUT2D eigenvalue weighted by Crippen LogP contribution is -2.25. The first-order chi connectivity index (χ1) is 25.8. The van der Waals surface area contributed by atoms with Gasteiger partial charge in [-0.1, -0.05) is 61.9 Å². The van der Waals surface area contributed by atoms with E-state index in [0.717, 1.165) is 71.1 Å². The van der Waals surface area contributed by atoms with Crippen molar-refractivity contribution in [1.29, 1.82) is 15.8 Å². The van der Waals surface area contributed by atoms with E-state index in [1.165, 1.54) is 12.1 Å². The predicted octanol–water partition coefficient (Wildman–Crippen LogP) is 10.1. The number of ether oxygens (including phenoxy) is 2. The topological polar surface area (TPSA) is 113 Å². The van der Waals surface area contributed by atoms with Crippen LogP contribution in [0.2, 0.25) is 0 Å². The third-order valence-corrected chi connectivity index (χ3v) is 10.00. The highest BCUT2D eigenvalue weighted by Gasteiger charge is 2.43. The fraction of sp³-hybridized carbons (Fsp3) is 0.250. The van der Waals surface area contributed by atoms with E-state index in [1.807, 2.05) is 72.8 Å². The largest absolute Gasteiger partial charge is 0.488 e. The van der Waals surface area contributed by atoms with E-state index in [4.69, 9.17) is 9.47 Å². The van der Waals surface area contributed by atoms with Gasteiger partial charge in [0.05, 0.1) is 0 Å². The zero-order valence-electron chi connectivity index (χ0n) is 29.9. The quantitative estimate of drug-likeness (QED) is 0.0904. The summed E-state index contributed by atoms with van der Waals surface area (Å²) in [5, 5.41) is 38.7. The van der Waals surface area contributed by atoms with Crippen LogP contribution < -0.4 is 9.64 Å². The molecule has 9 heteroatoms. The van der Waals surface area contributed by atoms with E-state index in [9.17, 15) is 25.3 Å². The van der Waals surface area contributed by atoms with Crippen molar-refractivity contribution in [2.24, 2.45) is 0 Å². The molecule has 1 aliphatic heterocycles. The molecule has 0 bridgehead atoms. The number of allylic oxidation sites excluding steroid dienone is 2. The van der Waals surface area contributed by atoms with Crippen LogP contribution in [0.3, 0.4) is 0 Å². The number of nitrogens with zero attached hydrogens (tertiary/aromatic N) is 4. The second-order valence-electron chi connectivity index (χ2n) is 12.6. The van der Waals surface area contributed by atoms with Crippen LogP contribution >= 0.6 is 11.3 Å². The van der Waals surface area contributed by atoms with Crippen LogP contribution in [-0.4, -0.2) is 24.8 Å². The summed E-state index contributed by atoms with van der Waals surface area (Å²) < 4.78 is 26.4. The van der Waals surface area contributed by atoms with Gasteiger partial charge in [0, 0.05) is 52.3 Å². The number of hydrogen-bond acceptors (Lipinski definition) is 8. The number of aliphatic hydroxyl groups excluding tert-OH is 1. The second kappa shape index (κ2) is 18.5. The molecular weight excluding hydrogens is 684 g/mol. The first kappa shape index (κ1) is 38.3. The zero-order chi connectivity index (χ0) is 37.6. The highest BCUT2D eigenvalue weighted by atomic mass is 32.1. The van der Waals surface area contributed by atoms with Crippen LogP contribution in [0.5, 0.6) is 5.75 Å². The summed E-state index contributed by atoms with van der Waals surface area (Å²) in [5.74, 6) is 0.266. The Kier molecular flexibility index (Phi) is 13.4. The standard InChI is InChI=1S/C44H41FN4O3S/c1-3-4-24-49(25-8-9-26-50)37-18-12-33(42(27-37)51-31-32-10-6-5-7-11-32)13-19-38-20-21-39(53-38)22-23-41-40(30-48)43(34(28-46)29-47)52-44(41,2)35-14-16-36(45)17-15-35/h5-7,10-23,27,50H,3-4,8-9,24-26,31H2,1-2H3/b19-13+,23-22+. The van der Waals surface area contributed by atoms with Gasteiger partial charge in [0.25, 0.3) is 0 Å². The van der Waals surface area contributed by atoms with Gasteiger partial charge in [0.2, 0.25) is 0 Å². The Morgan fingerprint density at radius 1 is 0.887 bits per heavy atom. The lowest BCUT2D eigenvalue weighted by molar-refractivity contribution is 0.0755. The van der Waals surface area contributed by atoms with E-state index in [0.29, 0.717) is 17.7 Å². The van der Waals surface area contributed by atoms with Crippen LogP contribution in [0.15, 0.2) is 113 Å². The molecule has 0 spiro atoms. The van der Waals surface area contributed by atoms with Crippen molar-refractivity contribution in [3.63, 3.8) is 0 Å². The number of benzene rings is 3. The minimum absolute atomic E-state index is 0.0796. The maximum Gasteiger partial charge on any atom is 0.172 e. The Morgan fingerprint density at radius 3 is 2.25 bits per heavy atom. The highest BCUT2D eigenvalue weighted by molar-refractivity contribution is 7.13. The molecule has 53 heavy (non-hydrogen) atoms. The highest BCUT2D eigenvalue weighted by Crippen LogP contribution is 2.47. The summed E-state index contributed by atoms with van der Waals surface area (Å²) in [6, 6.07) is 31.9. The molecule has 0 saturated carbocycles. The molecule has 4 aromatic rings. The summed E-state index contributed by atoms with van der Waals surface area (Å²) in [7, 11) is 0. The summed E-state index contributed by atoms with van der Waals surface area (Å²) in [5.41, 5.74) is 2.66. The Bertz CT molecular complexity index is 2120. The SMILES string of the molecule is CCCCN(CCCCO)c1ccc(/C=C/c2ccc(/C=C/C3=C(C#N)C(=C(C#N)C#N)OC3(C)c3ccc(F)cc3)s2)c(OCc2ccccc2)c1. The normalized spacial score (nSPS) is 15.3. The van der Waals surface area contributed by atoms with Gasteiger partial charge >= 0.3 is 0 Å². The summed E-state index contributed by atoms with van der Waals surface area (Å²) in [4.78, 5) is 4.26. The Morgan fingerprint density at radius 2 is 1.58 bits per heavy atom. The van der Waals surface area contributed by atoms with Gasteiger partial charge in [-0.25, -0.2) is 4.39 Å². The molecule has 0 radical (unpaired) electrons. The molecule has 1 aromatic heterocycles. The van der Waals surface area contributed by atoms with Crippen molar-refractivity contribution in [3.8, 4) is 24.0 Å². The van der Waals surface area contributed by atoms with Crippen LogP contribution in [-0.2, 0) is 16.9 Å². The van der Waals surface area contributed by atoms with Crippen LogP contribution in [0, 0.1) is 39.8 Å². The van der Waals surface area contributed by atoms with Gasteiger partial charge in [-0.3, -0.25) is 0 Å². The van der Waals surface area contributed by atoms with E-state index in [1.54, 1.807) is 36.5 Å². The molecule has 1 N–H and O–H groups in total. The third-order valence-electron chi connectivity index (χ3n) is 8.98. The van der Waals surface area contributed by atoms with E-state index < -0.39 is 11.4 Å². The molecule has 5 rings (SSSR count). The van der Waals surface area contributed by atoms with E-state index >= 15 is 0 Å². The lowest BCUT2D eigenvalue weighted by atomic mass is 9.86. The van der Waals surface area contributed by atoms with E-state index in [-0.39, 0.29) is 23.5 Å². The van der Waals surface area contributed by atoms with Gasteiger partial charge in [-0.05, 0) is 91.9 Å². The van der Waals surface area contributed by atoms with Crippen molar-refractivity contribution >= 4 is 35.3 Å². The number of nitriles is 3. The predicted molar refractivity (Wildman–Crippen MR) is 209 cm³/mol. The molecule has 2 heterocycles. The molecule has 1 aliphatic rings. The van der Waals surface area contributed by atoms with Crippen LogP contribution in [0.1, 0.15) is 66.0 Å². The number of rotatable bonds is 16. The maximum absolute atomic E-state index is 13.8. The van der Waals surface area contributed by atoms with Crippen molar-refractivity contribution in [1.82, 2.24) is 0 Å². The molecule has 1 atom stereocenters. The molecule has 0 amide bonds. The van der Waals surface area contributed by atoms with Crippen molar-refractivity contribution in [3.05, 3.63) is 146 Å². The fourth-order valence-electron chi connectivity index (χ4n) is 6.05. The smallest absolute Gasteiger partial charge is 0.172 e. The number of unbranched alkanes of at least 4 members (excludes halogenated alkanes) is 2. The van der Waals surface area contributed by atoms with Gasteiger partial charge in [-0.2, -0.15) is 15.8 Å². The first-order valence-corrected chi connectivity index (χ1v) is 18.4. The second-order valence-corrected chi connectivity index (χ2v) is 13.8. The maximum atomic E-state index is 13.8. The minimum Gasteiger partial charge on any atom is -0.488 e. The molecule has 0 fully saturated rings. The Labute approximate surface area is 315 Å². The first-order valence-electron chi connectivity index (χ1n) is 17.6. The van der Waals surface area contributed by atoms with Crippen LogP contribution in [0.4, 0.5) is 10.1 Å². The molecule has 0 saturated heterocycles. The van der Waals surface area contributed by atoms with Gasteiger partial charge in [0.15, 0.2) is 16.9 Å². The number of anilines is 1. The minimum atomic E-state index is -1.24. The number of aliphatic hydroxyl groups is 1. The monoisotopic (exact) mass is 724 g/mol. The molecule has 7 nitrogen and oxygen atoms in total. The summed E-state index contributed by atoms with van der Waals surface area (Å²) in [6.45, 7) is 6.32. The van der Waals surface area contributed by atoms with Crippen molar-refractivity contribution < 1.29 is 19.0 Å². The Hall–Kier alpha value is -5.92. The average molecular weight is 725 g/mol. The average Bonchev–Trinajstić information content (AvgIpc) is 3.76. The molecule has 0 aliphatic carbocycles. The number of thiophene rings is 1. The molecular formula is C44H41FN4O3S. The third kappa shape index (κ3) is 9.50. The summed E-state index contributed by atoms with van der Waals surface area (Å²) >= 11 is 1.55. The number of hydrogen-bond donors (Lipinski definition) is 1.